The maximum Gasteiger partial charge on any atom is 0.256 e. The summed E-state index contributed by atoms with van der Waals surface area (Å²) in [6.07, 6.45) is 2.28. The molecular formula is C12H16ClN3O2. The summed E-state index contributed by atoms with van der Waals surface area (Å²) in [6, 6.07) is 1.51. The second kappa shape index (κ2) is 5.54. The summed E-state index contributed by atoms with van der Waals surface area (Å²) in [7, 11) is 0. The van der Waals surface area contributed by atoms with Gasteiger partial charge in [0.2, 0.25) is 0 Å². The highest BCUT2D eigenvalue weighted by molar-refractivity contribution is 6.29. The lowest BCUT2D eigenvalue weighted by atomic mass is 10.2. The summed E-state index contributed by atoms with van der Waals surface area (Å²) in [5.41, 5.74) is 6.53. The molecular weight excluding hydrogens is 254 g/mol. The molecule has 1 aliphatic rings. The molecule has 1 aliphatic heterocycles. The maximum absolute atomic E-state index is 12.4. The van der Waals surface area contributed by atoms with Crippen LogP contribution in [-0.4, -0.2) is 41.6 Å². The second-order valence-corrected chi connectivity index (χ2v) is 4.77. The van der Waals surface area contributed by atoms with E-state index in [0.717, 1.165) is 6.42 Å². The highest BCUT2D eigenvalue weighted by atomic mass is 35.5. The minimum atomic E-state index is -0.117. The Balaban J connectivity index is 2.21. The number of nitrogens with two attached hydrogens (primary N) is 1. The molecule has 5 nitrogen and oxygen atoms in total. The van der Waals surface area contributed by atoms with Gasteiger partial charge in [0.25, 0.3) is 5.91 Å². The molecule has 1 unspecified atom stereocenters. The van der Waals surface area contributed by atoms with Crippen molar-refractivity contribution in [2.24, 2.45) is 0 Å². The van der Waals surface area contributed by atoms with E-state index in [-0.39, 0.29) is 17.2 Å². The summed E-state index contributed by atoms with van der Waals surface area (Å²) in [4.78, 5) is 18.0. The van der Waals surface area contributed by atoms with Gasteiger partial charge in [-0.05, 0) is 19.4 Å². The number of anilines is 1. The van der Waals surface area contributed by atoms with Crippen molar-refractivity contribution in [1.29, 1.82) is 0 Å². The molecule has 1 amide bonds. The Morgan fingerprint density at radius 2 is 2.44 bits per heavy atom. The first-order valence-corrected chi connectivity index (χ1v) is 6.27. The van der Waals surface area contributed by atoms with E-state index in [1.165, 1.54) is 12.3 Å². The van der Waals surface area contributed by atoms with Gasteiger partial charge in [-0.25, -0.2) is 4.98 Å². The van der Waals surface area contributed by atoms with E-state index in [0.29, 0.717) is 30.9 Å². The van der Waals surface area contributed by atoms with E-state index in [2.05, 4.69) is 4.98 Å². The summed E-state index contributed by atoms with van der Waals surface area (Å²) in [5, 5.41) is 0.270. The molecule has 1 fully saturated rings. The molecule has 1 saturated heterocycles. The molecule has 1 atom stereocenters. The first-order valence-electron chi connectivity index (χ1n) is 5.90. The van der Waals surface area contributed by atoms with Crippen molar-refractivity contribution in [3.05, 3.63) is 23.0 Å². The zero-order chi connectivity index (χ0) is 13.1. The lowest BCUT2D eigenvalue weighted by molar-refractivity contribution is 0.0563. The Morgan fingerprint density at radius 1 is 1.67 bits per heavy atom. The Bertz CT molecular complexity index is 453. The quantitative estimate of drug-likeness (QED) is 0.786. The number of halogens is 1. The van der Waals surface area contributed by atoms with E-state index in [9.17, 15) is 4.79 Å². The van der Waals surface area contributed by atoms with Crippen LogP contribution >= 0.6 is 11.6 Å². The minimum absolute atomic E-state index is 0.0370. The van der Waals surface area contributed by atoms with E-state index in [1.807, 2.05) is 6.92 Å². The summed E-state index contributed by atoms with van der Waals surface area (Å²) >= 11 is 5.80. The topological polar surface area (TPSA) is 68.5 Å². The third-order valence-corrected chi connectivity index (χ3v) is 3.08. The number of hydrogen-bond acceptors (Lipinski definition) is 4. The summed E-state index contributed by atoms with van der Waals surface area (Å²) in [5.74, 6) is -0.117. The van der Waals surface area contributed by atoms with Gasteiger partial charge >= 0.3 is 0 Å². The summed E-state index contributed by atoms with van der Waals surface area (Å²) < 4.78 is 5.51. The fourth-order valence-electron chi connectivity index (χ4n) is 1.97. The lowest BCUT2D eigenvalue weighted by Gasteiger charge is -2.22. The van der Waals surface area contributed by atoms with Gasteiger partial charge in [0.05, 0.1) is 23.6 Å². The first kappa shape index (κ1) is 13.1. The molecule has 6 heteroatoms. The number of nitrogens with zero attached hydrogens (tertiary/aromatic N) is 2. The Morgan fingerprint density at radius 3 is 3.22 bits per heavy atom. The van der Waals surface area contributed by atoms with Gasteiger partial charge < -0.3 is 15.4 Å². The number of hydrogen-bond donors (Lipinski definition) is 1. The number of pyridine rings is 1. The highest BCUT2D eigenvalue weighted by Crippen LogP contribution is 2.18. The van der Waals surface area contributed by atoms with Gasteiger partial charge in [0, 0.05) is 19.7 Å². The van der Waals surface area contributed by atoms with Gasteiger partial charge in [-0.3, -0.25) is 4.79 Å². The van der Waals surface area contributed by atoms with Crippen LogP contribution in [0.2, 0.25) is 5.15 Å². The monoisotopic (exact) mass is 269 g/mol. The molecule has 0 saturated carbocycles. The number of nitrogen functional groups attached to an aromatic ring is 1. The second-order valence-electron chi connectivity index (χ2n) is 4.38. The number of aromatic nitrogens is 1. The van der Waals surface area contributed by atoms with Crippen LogP contribution in [0.5, 0.6) is 0 Å². The Kier molecular flexibility index (Phi) is 4.04. The Hall–Kier alpha value is -1.33. The van der Waals surface area contributed by atoms with Gasteiger partial charge in [0.1, 0.15) is 5.15 Å². The fourth-order valence-corrected chi connectivity index (χ4v) is 2.13. The zero-order valence-corrected chi connectivity index (χ0v) is 11.0. The molecule has 0 aromatic carbocycles. The SMILES string of the molecule is CC1CN(C(=O)c2cc(Cl)ncc2N)CCCO1. The molecule has 0 aliphatic carbocycles. The number of rotatable bonds is 1. The minimum Gasteiger partial charge on any atom is -0.397 e. The van der Waals surface area contributed by atoms with E-state index < -0.39 is 0 Å². The molecule has 2 rings (SSSR count). The number of carbonyl (C=O) groups excluding carboxylic acids is 1. The number of carbonyl (C=O) groups is 1. The van der Waals surface area contributed by atoms with Crippen LogP contribution in [0.3, 0.4) is 0 Å². The molecule has 2 heterocycles. The van der Waals surface area contributed by atoms with Gasteiger partial charge in [0.15, 0.2) is 0 Å². The van der Waals surface area contributed by atoms with Crippen LogP contribution in [0.1, 0.15) is 23.7 Å². The van der Waals surface area contributed by atoms with Gasteiger partial charge in [-0.2, -0.15) is 0 Å². The highest BCUT2D eigenvalue weighted by Gasteiger charge is 2.22. The Labute approximate surface area is 111 Å². The van der Waals surface area contributed by atoms with Crippen molar-refractivity contribution in [2.45, 2.75) is 19.4 Å². The van der Waals surface area contributed by atoms with Crippen molar-refractivity contribution in [3.63, 3.8) is 0 Å². The molecule has 98 valence electrons. The molecule has 2 N–H and O–H groups in total. The van der Waals surface area contributed by atoms with Crippen LogP contribution in [0.4, 0.5) is 5.69 Å². The third kappa shape index (κ3) is 2.91. The molecule has 1 aromatic heterocycles. The number of ether oxygens (including phenoxy) is 1. The van der Waals surface area contributed by atoms with Crippen LogP contribution in [0.25, 0.3) is 0 Å². The lowest BCUT2D eigenvalue weighted by Crippen LogP contribution is -2.36. The summed E-state index contributed by atoms with van der Waals surface area (Å²) in [6.45, 7) is 3.87. The predicted molar refractivity (Wildman–Crippen MR) is 69.6 cm³/mol. The fraction of sp³-hybridized carbons (Fsp3) is 0.500. The van der Waals surface area contributed by atoms with Crippen LogP contribution < -0.4 is 5.73 Å². The van der Waals surface area contributed by atoms with Crippen molar-refractivity contribution >= 4 is 23.2 Å². The van der Waals surface area contributed by atoms with Gasteiger partial charge in [-0.1, -0.05) is 11.6 Å². The zero-order valence-electron chi connectivity index (χ0n) is 10.2. The van der Waals surface area contributed by atoms with Crippen molar-refractivity contribution in [3.8, 4) is 0 Å². The molecule has 0 bridgehead atoms. The third-order valence-electron chi connectivity index (χ3n) is 2.87. The molecule has 0 radical (unpaired) electrons. The van der Waals surface area contributed by atoms with Gasteiger partial charge in [-0.15, -0.1) is 0 Å². The molecule has 18 heavy (non-hydrogen) atoms. The van der Waals surface area contributed by atoms with Crippen molar-refractivity contribution < 1.29 is 9.53 Å². The maximum atomic E-state index is 12.4. The standard InChI is InChI=1S/C12H16ClN3O2/c1-8-7-16(3-2-4-18-8)12(17)9-5-11(13)15-6-10(9)14/h5-6,8H,2-4,7,14H2,1H3. The predicted octanol–water partition coefficient (Wildman–Crippen LogP) is 1.57. The smallest absolute Gasteiger partial charge is 0.256 e. The van der Waals surface area contributed by atoms with E-state index in [1.54, 1.807) is 4.90 Å². The number of amides is 1. The average molecular weight is 270 g/mol. The van der Waals surface area contributed by atoms with Crippen molar-refractivity contribution in [1.82, 2.24) is 9.88 Å². The van der Waals surface area contributed by atoms with Crippen molar-refractivity contribution in [2.75, 3.05) is 25.4 Å². The van der Waals surface area contributed by atoms with Crippen LogP contribution in [0, 0.1) is 0 Å². The van der Waals surface area contributed by atoms with Crippen LogP contribution in [-0.2, 0) is 4.74 Å². The average Bonchev–Trinajstić information content (AvgIpc) is 2.56. The van der Waals surface area contributed by atoms with E-state index in [4.69, 9.17) is 22.1 Å². The molecule has 0 spiro atoms. The normalized spacial score (nSPS) is 20.6. The molecule has 1 aromatic rings. The van der Waals surface area contributed by atoms with Crippen LogP contribution in [0.15, 0.2) is 12.3 Å². The largest absolute Gasteiger partial charge is 0.397 e. The van der Waals surface area contributed by atoms with E-state index >= 15 is 0 Å². The first-order chi connectivity index (χ1) is 8.58.